The van der Waals surface area contributed by atoms with Crippen LogP contribution in [-0.4, -0.2) is 31.7 Å². The van der Waals surface area contributed by atoms with E-state index in [2.05, 4.69) is 10.6 Å². The predicted octanol–water partition coefficient (Wildman–Crippen LogP) is 1.66. The smallest absolute Gasteiger partial charge is 0.376 e. The molecule has 0 aliphatic rings. The summed E-state index contributed by atoms with van der Waals surface area (Å²) in [7, 11) is 1.36. The second-order valence-electron chi connectivity index (χ2n) is 3.97. The number of urea groups is 1. The van der Waals surface area contributed by atoms with Crippen molar-refractivity contribution < 1.29 is 22.8 Å². The zero-order chi connectivity index (χ0) is 15.2. The number of benzene rings is 1. The van der Waals surface area contributed by atoms with E-state index in [0.29, 0.717) is 5.69 Å². The van der Waals surface area contributed by atoms with Crippen LogP contribution < -0.4 is 16.0 Å². The molecule has 0 bridgehead atoms. The van der Waals surface area contributed by atoms with Crippen molar-refractivity contribution in [3.05, 3.63) is 29.8 Å². The summed E-state index contributed by atoms with van der Waals surface area (Å²) >= 11 is 0. The molecule has 8 heteroatoms. The number of hydrogen-bond donors (Lipinski definition) is 3. The van der Waals surface area contributed by atoms with Gasteiger partial charge in [0.15, 0.2) is 0 Å². The van der Waals surface area contributed by atoms with E-state index in [1.807, 2.05) is 5.32 Å². The van der Waals surface area contributed by atoms with Gasteiger partial charge in [0.25, 0.3) is 0 Å². The number of anilines is 1. The molecule has 0 heterocycles. The molecule has 0 fully saturated rings. The lowest BCUT2D eigenvalue weighted by atomic mass is 10.1. The van der Waals surface area contributed by atoms with Gasteiger partial charge in [0.1, 0.15) is 0 Å². The van der Waals surface area contributed by atoms with Crippen molar-refractivity contribution in [2.45, 2.75) is 12.6 Å². The third kappa shape index (κ3) is 6.07. The second kappa shape index (κ2) is 6.78. The molecule has 5 nitrogen and oxygen atoms in total. The highest BCUT2D eigenvalue weighted by Crippen LogP contribution is 2.22. The van der Waals surface area contributed by atoms with Gasteiger partial charge in [0, 0.05) is 12.7 Å². The summed E-state index contributed by atoms with van der Waals surface area (Å²) in [4.78, 5) is 22.1. The minimum absolute atomic E-state index is 0.0919. The van der Waals surface area contributed by atoms with Gasteiger partial charge < -0.3 is 10.6 Å². The first-order valence-electron chi connectivity index (χ1n) is 5.71. The fraction of sp³-hybridized carbons (Fsp3) is 0.333. The molecule has 0 atom stereocenters. The molecular formula is C12H14F3N3O2. The lowest BCUT2D eigenvalue weighted by Gasteiger charge is -2.10. The first kappa shape index (κ1) is 15.8. The van der Waals surface area contributed by atoms with E-state index in [1.54, 1.807) is 0 Å². The van der Waals surface area contributed by atoms with Crippen molar-refractivity contribution in [3.8, 4) is 0 Å². The number of carbonyl (C=O) groups is 2. The first-order valence-corrected chi connectivity index (χ1v) is 5.71. The molecule has 0 aromatic heterocycles. The van der Waals surface area contributed by atoms with Crippen molar-refractivity contribution in [2.24, 2.45) is 0 Å². The number of carbonyl (C=O) groups excluding carboxylic acids is 2. The van der Waals surface area contributed by atoms with E-state index in [1.165, 1.54) is 31.3 Å². The molecule has 1 aromatic carbocycles. The third-order valence-electron chi connectivity index (χ3n) is 2.26. The summed E-state index contributed by atoms with van der Waals surface area (Å²) in [5.74, 6) is -0.592. The maximum Gasteiger partial charge on any atom is 0.393 e. The Morgan fingerprint density at radius 1 is 1.25 bits per heavy atom. The molecule has 0 radical (unpaired) electrons. The van der Waals surface area contributed by atoms with Gasteiger partial charge >= 0.3 is 12.2 Å². The van der Waals surface area contributed by atoms with Crippen LogP contribution in [0.1, 0.15) is 5.56 Å². The highest BCUT2D eigenvalue weighted by molar-refractivity contribution is 5.96. The Morgan fingerprint density at radius 2 is 1.95 bits per heavy atom. The average Bonchev–Trinajstić information content (AvgIpc) is 2.34. The first-order chi connectivity index (χ1) is 9.30. The normalized spacial score (nSPS) is 10.8. The zero-order valence-electron chi connectivity index (χ0n) is 10.7. The number of rotatable bonds is 4. The van der Waals surface area contributed by atoms with Gasteiger partial charge in [0.05, 0.1) is 13.0 Å². The number of amides is 3. The van der Waals surface area contributed by atoms with Gasteiger partial charge in [-0.2, -0.15) is 13.2 Å². The van der Waals surface area contributed by atoms with Crippen LogP contribution in [0.4, 0.5) is 23.7 Å². The molecule has 0 aliphatic carbocycles. The van der Waals surface area contributed by atoms with E-state index in [4.69, 9.17) is 0 Å². The Morgan fingerprint density at radius 3 is 2.55 bits per heavy atom. The minimum Gasteiger partial charge on any atom is -0.376 e. The van der Waals surface area contributed by atoms with Crippen LogP contribution >= 0.6 is 0 Å². The molecule has 1 rings (SSSR count). The van der Waals surface area contributed by atoms with Crippen LogP contribution in [-0.2, 0) is 11.2 Å². The highest BCUT2D eigenvalue weighted by atomic mass is 19.4. The van der Waals surface area contributed by atoms with Crippen LogP contribution in [0.15, 0.2) is 24.3 Å². The molecule has 20 heavy (non-hydrogen) atoms. The zero-order valence-corrected chi connectivity index (χ0v) is 10.7. The minimum atomic E-state index is -4.28. The lowest BCUT2D eigenvalue weighted by molar-refractivity contribution is -0.127. The van der Waals surface area contributed by atoms with Crippen molar-refractivity contribution in [1.29, 1.82) is 0 Å². The maximum atomic E-state index is 12.2. The average molecular weight is 289 g/mol. The van der Waals surface area contributed by atoms with Crippen LogP contribution in [0, 0.1) is 0 Å². The van der Waals surface area contributed by atoms with E-state index < -0.39 is 24.5 Å². The molecule has 0 saturated carbocycles. The number of nitrogens with one attached hydrogen (secondary N) is 3. The number of imide groups is 1. The van der Waals surface area contributed by atoms with E-state index in [9.17, 15) is 22.8 Å². The molecular weight excluding hydrogens is 275 g/mol. The Bertz CT molecular complexity index is 489. The summed E-state index contributed by atoms with van der Waals surface area (Å²) < 4.78 is 36.7. The largest absolute Gasteiger partial charge is 0.393 e. The molecule has 3 amide bonds. The Hall–Kier alpha value is -2.25. The Balaban J connectivity index is 2.54. The van der Waals surface area contributed by atoms with Crippen molar-refractivity contribution in [1.82, 2.24) is 10.6 Å². The van der Waals surface area contributed by atoms with Gasteiger partial charge in [-0.05, 0) is 17.7 Å². The standard InChI is InChI=1S/C12H14F3N3O2/c1-16-11(20)18-10(19)7-17-9-4-2-3-8(5-9)6-12(13,14)15/h2-5,17H,6-7H2,1H3,(H2,16,18,19,20). The summed E-state index contributed by atoms with van der Waals surface area (Å²) in [5, 5.41) is 6.87. The topological polar surface area (TPSA) is 70.2 Å². The van der Waals surface area contributed by atoms with Crippen LogP contribution in [0.2, 0.25) is 0 Å². The molecule has 3 N–H and O–H groups in total. The summed E-state index contributed by atoms with van der Waals surface area (Å²) in [5.41, 5.74) is 0.466. The van der Waals surface area contributed by atoms with E-state index in [-0.39, 0.29) is 12.1 Å². The van der Waals surface area contributed by atoms with Gasteiger partial charge in [-0.25, -0.2) is 4.79 Å². The van der Waals surface area contributed by atoms with Crippen LogP contribution in [0.3, 0.4) is 0 Å². The van der Waals surface area contributed by atoms with Crippen molar-refractivity contribution in [2.75, 3.05) is 18.9 Å². The summed E-state index contributed by atoms with van der Waals surface area (Å²) in [6, 6.07) is 5.00. The quantitative estimate of drug-likeness (QED) is 0.789. The molecule has 0 spiro atoms. The fourth-order valence-corrected chi connectivity index (χ4v) is 1.44. The van der Waals surface area contributed by atoms with Crippen molar-refractivity contribution >= 4 is 17.6 Å². The number of alkyl halides is 3. The molecule has 110 valence electrons. The van der Waals surface area contributed by atoms with Crippen LogP contribution in [0.5, 0.6) is 0 Å². The summed E-state index contributed by atoms with van der Waals surface area (Å²) in [6.07, 6.45) is -5.32. The lowest BCUT2D eigenvalue weighted by Crippen LogP contribution is -2.40. The Labute approximate surface area is 113 Å². The predicted molar refractivity (Wildman–Crippen MR) is 67.3 cm³/mol. The van der Waals surface area contributed by atoms with Gasteiger partial charge in [-0.3, -0.25) is 10.1 Å². The number of halogens is 3. The highest BCUT2D eigenvalue weighted by Gasteiger charge is 2.27. The fourth-order valence-electron chi connectivity index (χ4n) is 1.44. The van der Waals surface area contributed by atoms with E-state index in [0.717, 1.165) is 0 Å². The van der Waals surface area contributed by atoms with Gasteiger partial charge in [-0.1, -0.05) is 12.1 Å². The van der Waals surface area contributed by atoms with Crippen molar-refractivity contribution in [3.63, 3.8) is 0 Å². The Kier molecular flexibility index (Phi) is 5.36. The van der Waals surface area contributed by atoms with Gasteiger partial charge in [0.2, 0.25) is 5.91 Å². The SMILES string of the molecule is CNC(=O)NC(=O)CNc1cccc(CC(F)(F)F)c1. The number of hydrogen-bond acceptors (Lipinski definition) is 3. The monoisotopic (exact) mass is 289 g/mol. The summed E-state index contributed by atoms with van der Waals surface area (Å²) in [6.45, 7) is -0.219. The van der Waals surface area contributed by atoms with Crippen LogP contribution in [0.25, 0.3) is 0 Å². The van der Waals surface area contributed by atoms with Gasteiger partial charge in [-0.15, -0.1) is 0 Å². The third-order valence-corrected chi connectivity index (χ3v) is 2.26. The maximum absolute atomic E-state index is 12.2. The molecule has 0 unspecified atom stereocenters. The molecule has 0 saturated heterocycles. The molecule has 1 aromatic rings. The second-order valence-corrected chi connectivity index (χ2v) is 3.97. The molecule has 0 aliphatic heterocycles. The van der Waals surface area contributed by atoms with E-state index >= 15 is 0 Å².